The molecule has 1 fully saturated rings. The first kappa shape index (κ1) is 18.2. The molecule has 0 aromatic carbocycles. The van der Waals surface area contributed by atoms with Crippen LogP contribution in [0.1, 0.15) is 44.5 Å². The lowest BCUT2D eigenvalue weighted by atomic mass is 9.91. The third-order valence-corrected chi connectivity index (χ3v) is 3.99. The Morgan fingerprint density at radius 2 is 2.33 bits per heavy atom. The summed E-state index contributed by atoms with van der Waals surface area (Å²) in [6, 6.07) is 2.11. The molecule has 1 aromatic rings. The van der Waals surface area contributed by atoms with E-state index >= 15 is 0 Å². The number of carbonyl (C=O) groups excluding carboxylic acids is 2. The van der Waals surface area contributed by atoms with Gasteiger partial charge in [0.05, 0.1) is 18.7 Å². The van der Waals surface area contributed by atoms with Crippen molar-refractivity contribution < 1.29 is 19.1 Å². The fraction of sp³-hybridized carbons (Fsp3) is 0.588. The highest BCUT2D eigenvalue weighted by Gasteiger charge is 2.35. The van der Waals surface area contributed by atoms with Crippen molar-refractivity contribution in [2.75, 3.05) is 20.3 Å². The van der Waals surface area contributed by atoms with Crippen molar-refractivity contribution in [3.8, 4) is 0 Å². The van der Waals surface area contributed by atoms with Gasteiger partial charge in [-0.25, -0.2) is 4.79 Å². The van der Waals surface area contributed by atoms with Crippen LogP contribution in [0.3, 0.4) is 0 Å². The maximum Gasteiger partial charge on any atom is 0.330 e. The van der Waals surface area contributed by atoms with Crippen molar-refractivity contribution in [1.82, 2.24) is 15.1 Å². The normalized spacial score (nSPS) is 21.2. The van der Waals surface area contributed by atoms with Gasteiger partial charge in [-0.3, -0.25) is 9.48 Å². The van der Waals surface area contributed by atoms with Crippen LogP contribution in [-0.4, -0.2) is 41.9 Å². The van der Waals surface area contributed by atoms with E-state index in [0.29, 0.717) is 6.61 Å². The Hall–Kier alpha value is -2.15. The molecule has 2 rings (SSSR count). The molecule has 0 unspecified atom stereocenters. The number of aromatic nitrogens is 2. The number of methoxy groups -OCH3 is 1. The number of ether oxygens (including phenoxy) is 2. The quantitative estimate of drug-likeness (QED) is 0.633. The number of nitrogens with one attached hydrogen (secondary N) is 1. The highest BCUT2D eigenvalue weighted by Crippen LogP contribution is 2.34. The van der Waals surface area contributed by atoms with E-state index in [1.165, 1.54) is 13.2 Å². The van der Waals surface area contributed by atoms with E-state index in [4.69, 9.17) is 4.74 Å². The van der Waals surface area contributed by atoms with E-state index in [9.17, 15) is 9.59 Å². The Morgan fingerprint density at radius 1 is 1.54 bits per heavy atom. The summed E-state index contributed by atoms with van der Waals surface area (Å²) >= 11 is 0. The van der Waals surface area contributed by atoms with E-state index in [1.54, 1.807) is 12.3 Å². The third-order valence-electron chi connectivity index (χ3n) is 3.99. The molecule has 24 heavy (non-hydrogen) atoms. The molecule has 0 bridgehead atoms. The lowest BCUT2D eigenvalue weighted by Gasteiger charge is -2.31. The zero-order valence-corrected chi connectivity index (χ0v) is 14.4. The van der Waals surface area contributed by atoms with Crippen LogP contribution in [0.2, 0.25) is 0 Å². The van der Waals surface area contributed by atoms with Crippen molar-refractivity contribution in [3.05, 3.63) is 30.1 Å². The zero-order valence-electron chi connectivity index (χ0n) is 14.4. The van der Waals surface area contributed by atoms with Gasteiger partial charge in [-0.15, -0.1) is 0 Å². The van der Waals surface area contributed by atoms with E-state index < -0.39 is 5.97 Å². The van der Waals surface area contributed by atoms with Crippen molar-refractivity contribution in [1.29, 1.82) is 0 Å². The number of nitrogens with zero attached hydrogens (tertiary/aromatic N) is 2. The molecule has 132 valence electrons. The molecule has 7 heteroatoms. The largest absolute Gasteiger partial charge is 0.466 e. The molecule has 1 aromatic heterocycles. The smallest absolute Gasteiger partial charge is 0.330 e. The van der Waals surface area contributed by atoms with Crippen LogP contribution >= 0.6 is 0 Å². The minimum absolute atomic E-state index is 0.0780. The van der Waals surface area contributed by atoms with Gasteiger partial charge in [0.1, 0.15) is 6.10 Å². The van der Waals surface area contributed by atoms with Gasteiger partial charge in [0.2, 0.25) is 5.91 Å². The van der Waals surface area contributed by atoms with E-state index in [-0.39, 0.29) is 30.5 Å². The van der Waals surface area contributed by atoms with E-state index in [1.807, 2.05) is 24.6 Å². The molecule has 0 spiro atoms. The number of esters is 1. The molecule has 1 saturated heterocycles. The molecule has 7 nitrogen and oxygen atoms in total. The number of hydrogen-bond acceptors (Lipinski definition) is 5. The summed E-state index contributed by atoms with van der Waals surface area (Å²) in [5.74, 6) is -0.783. The highest BCUT2D eigenvalue weighted by atomic mass is 16.5. The molecule has 0 aliphatic carbocycles. The predicted molar refractivity (Wildman–Crippen MR) is 88.2 cm³/mol. The van der Waals surface area contributed by atoms with Crippen LogP contribution in [0.5, 0.6) is 0 Å². The average Bonchev–Trinajstić information content (AvgIpc) is 3.08. The second kappa shape index (κ2) is 8.63. The minimum atomic E-state index is -0.441. The zero-order chi connectivity index (χ0) is 17.5. The van der Waals surface area contributed by atoms with Crippen molar-refractivity contribution in [2.45, 2.75) is 38.8 Å². The van der Waals surface area contributed by atoms with Crippen LogP contribution in [0.25, 0.3) is 0 Å². The average molecular weight is 335 g/mol. The summed E-state index contributed by atoms with van der Waals surface area (Å²) in [6.45, 7) is 5.01. The standard InChI is InChI=1S/C17H25N3O4/c1-12(2)20-14(8-10-19-20)16-13(6-5-11-24-16)17(22)18-9-4-7-15(21)23-3/h4,7-8,10,12-13,16H,5-6,9,11H2,1-3H3,(H,18,22)/b7-4+/t13-,16-/m1/s1. The van der Waals surface area contributed by atoms with Crippen LogP contribution in [0.4, 0.5) is 0 Å². The number of amides is 1. The molecule has 0 saturated carbocycles. The van der Waals surface area contributed by atoms with E-state index in [0.717, 1.165) is 18.5 Å². The van der Waals surface area contributed by atoms with Gasteiger partial charge in [0.15, 0.2) is 0 Å². The molecule has 1 aliphatic rings. The molecule has 2 heterocycles. The molecule has 2 atom stereocenters. The second-order valence-electron chi connectivity index (χ2n) is 6.01. The molecule has 1 amide bonds. The van der Waals surface area contributed by atoms with Crippen LogP contribution < -0.4 is 5.32 Å². The summed E-state index contributed by atoms with van der Waals surface area (Å²) < 4.78 is 12.3. The summed E-state index contributed by atoms with van der Waals surface area (Å²) in [6.07, 6.45) is 5.92. The summed E-state index contributed by atoms with van der Waals surface area (Å²) in [5, 5.41) is 7.16. The van der Waals surface area contributed by atoms with Crippen LogP contribution in [0.15, 0.2) is 24.4 Å². The minimum Gasteiger partial charge on any atom is -0.466 e. The van der Waals surface area contributed by atoms with Crippen LogP contribution in [0, 0.1) is 5.92 Å². The van der Waals surface area contributed by atoms with Crippen molar-refractivity contribution in [2.24, 2.45) is 5.92 Å². The van der Waals surface area contributed by atoms with Gasteiger partial charge in [-0.2, -0.15) is 5.10 Å². The molecule has 0 radical (unpaired) electrons. The third kappa shape index (κ3) is 4.44. The van der Waals surface area contributed by atoms with Crippen molar-refractivity contribution in [3.63, 3.8) is 0 Å². The van der Waals surface area contributed by atoms with Gasteiger partial charge >= 0.3 is 5.97 Å². The number of rotatable bonds is 6. The van der Waals surface area contributed by atoms with Gasteiger partial charge in [-0.05, 0) is 32.8 Å². The Bertz CT molecular complexity index is 594. The monoisotopic (exact) mass is 335 g/mol. The predicted octanol–water partition coefficient (Wildman–Crippen LogP) is 1.78. The number of carbonyl (C=O) groups is 2. The van der Waals surface area contributed by atoms with Crippen LogP contribution in [-0.2, 0) is 19.1 Å². The highest BCUT2D eigenvalue weighted by molar-refractivity contribution is 5.82. The Labute approximate surface area is 142 Å². The number of hydrogen-bond donors (Lipinski definition) is 1. The first-order valence-electron chi connectivity index (χ1n) is 8.21. The maximum atomic E-state index is 12.5. The van der Waals surface area contributed by atoms with E-state index in [2.05, 4.69) is 15.2 Å². The molecule has 1 N–H and O–H groups in total. The first-order valence-corrected chi connectivity index (χ1v) is 8.21. The van der Waals surface area contributed by atoms with Gasteiger partial charge < -0.3 is 14.8 Å². The fourth-order valence-electron chi connectivity index (χ4n) is 2.84. The topological polar surface area (TPSA) is 82.4 Å². The van der Waals surface area contributed by atoms with Crippen molar-refractivity contribution >= 4 is 11.9 Å². The molecular weight excluding hydrogens is 310 g/mol. The Morgan fingerprint density at radius 3 is 3.04 bits per heavy atom. The first-order chi connectivity index (χ1) is 11.5. The lowest BCUT2D eigenvalue weighted by molar-refractivity contribution is -0.136. The summed E-state index contributed by atoms with van der Waals surface area (Å²) in [4.78, 5) is 23.5. The van der Waals surface area contributed by atoms with Gasteiger partial charge in [0.25, 0.3) is 0 Å². The summed E-state index contributed by atoms with van der Waals surface area (Å²) in [7, 11) is 1.31. The summed E-state index contributed by atoms with van der Waals surface area (Å²) in [5.41, 5.74) is 0.926. The molecular formula is C17H25N3O4. The Kier molecular flexibility index (Phi) is 6.54. The SMILES string of the molecule is COC(=O)/C=C/CNC(=O)[C@@H]1CCCO[C@H]1c1ccnn1C(C)C. The fourth-order valence-corrected chi connectivity index (χ4v) is 2.84. The second-order valence-corrected chi connectivity index (χ2v) is 6.01. The van der Waals surface area contributed by atoms with Gasteiger partial charge in [0, 0.05) is 31.5 Å². The lowest BCUT2D eigenvalue weighted by Crippen LogP contribution is -2.38. The Balaban J connectivity index is 2.03. The molecule has 1 aliphatic heterocycles. The van der Waals surface area contributed by atoms with Gasteiger partial charge in [-0.1, -0.05) is 6.08 Å². The maximum absolute atomic E-state index is 12.5.